The van der Waals surface area contributed by atoms with Crippen molar-refractivity contribution in [2.45, 2.75) is 6.92 Å². The molecule has 0 atom stereocenters. The fraction of sp³-hybridized carbons (Fsp3) is 0.357. The standard InChI is InChI=1S/C14H18BrN3O4.ClH/c1-9-5-10(15)3-4-11(9)17-13(20)8-18(2)7-12(19)16-6-14(21)22;/h3-5H,6-8H2,1-2H3,(H,16,19)(H,17,20)(H,21,22);1H. The van der Waals surface area contributed by atoms with E-state index >= 15 is 0 Å². The number of amides is 2. The molecule has 0 bridgehead atoms. The second-order valence-electron chi connectivity index (χ2n) is 4.85. The molecule has 0 aliphatic carbocycles. The lowest BCUT2D eigenvalue weighted by Crippen LogP contribution is -2.40. The van der Waals surface area contributed by atoms with Crippen LogP contribution in [0.4, 0.5) is 5.69 Å². The first kappa shape index (κ1) is 21.4. The van der Waals surface area contributed by atoms with Crippen LogP contribution in [0, 0.1) is 6.92 Å². The molecule has 0 aromatic heterocycles. The van der Waals surface area contributed by atoms with Gasteiger partial charge in [-0.3, -0.25) is 19.3 Å². The van der Waals surface area contributed by atoms with Gasteiger partial charge in [0, 0.05) is 10.2 Å². The van der Waals surface area contributed by atoms with Gasteiger partial charge in [0.05, 0.1) is 13.1 Å². The van der Waals surface area contributed by atoms with E-state index in [-0.39, 0.29) is 31.4 Å². The lowest BCUT2D eigenvalue weighted by molar-refractivity contribution is -0.138. The van der Waals surface area contributed by atoms with Crippen molar-refractivity contribution in [3.05, 3.63) is 28.2 Å². The zero-order valence-electron chi connectivity index (χ0n) is 12.8. The highest BCUT2D eigenvalue weighted by molar-refractivity contribution is 9.10. The molecule has 1 aromatic carbocycles. The fourth-order valence-electron chi connectivity index (χ4n) is 1.73. The number of hydrogen-bond donors (Lipinski definition) is 3. The molecule has 0 fully saturated rings. The van der Waals surface area contributed by atoms with E-state index in [1.165, 1.54) is 4.90 Å². The van der Waals surface area contributed by atoms with Crippen LogP contribution in [0.3, 0.4) is 0 Å². The number of likely N-dealkylation sites (N-methyl/N-ethyl adjacent to an activating group) is 1. The normalized spacial score (nSPS) is 9.91. The summed E-state index contributed by atoms with van der Waals surface area (Å²) in [6.07, 6.45) is 0. The average molecular weight is 409 g/mol. The number of carboxylic acid groups (broad SMARTS) is 1. The van der Waals surface area contributed by atoms with Crippen molar-refractivity contribution in [3.8, 4) is 0 Å². The summed E-state index contributed by atoms with van der Waals surface area (Å²) in [5.74, 6) is -1.81. The number of nitrogens with one attached hydrogen (secondary N) is 2. The van der Waals surface area contributed by atoms with Gasteiger partial charge in [-0.15, -0.1) is 12.4 Å². The van der Waals surface area contributed by atoms with Crippen molar-refractivity contribution in [2.75, 3.05) is 32.0 Å². The van der Waals surface area contributed by atoms with E-state index in [1.807, 2.05) is 19.1 Å². The summed E-state index contributed by atoms with van der Waals surface area (Å²) in [6.45, 7) is 1.41. The number of nitrogens with zero attached hydrogens (tertiary/aromatic N) is 1. The summed E-state index contributed by atoms with van der Waals surface area (Å²) in [5, 5.41) is 13.5. The Balaban J connectivity index is 0.00000484. The molecule has 0 unspecified atom stereocenters. The molecule has 23 heavy (non-hydrogen) atoms. The lowest BCUT2D eigenvalue weighted by atomic mass is 10.2. The van der Waals surface area contributed by atoms with Crippen LogP contribution in [-0.2, 0) is 14.4 Å². The van der Waals surface area contributed by atoms with Crippen LogP contribution in [-0.4, -0.2) is 54.5 Å². The Hall–Kier alpha value is -1.64. The second kappa shape index (κ2) is 10.2. The number of anilines is 1. The second-order valence-corrected chi connectivity index (χ2v) is 5.77. The van der Waals surface area contributed by atoms with Crippen molar-refractivity contribution in [3.63, 3.8) is 0 Å². The molecule has 3 N–H and O–H groups in total. The molecule has 7 nitrogen and oxygen atoms in total. The van der Waals surface area contributed by atoms with Crippen molar-refractivity contribution in [2.24, 2.45) is 0 Å². The Bertz CT molecular complexity index is 583. The lowest BCUT2D eigenvalue weighted by Gasteiger charge is -2.16. The van der Waals surface area contributed by atoms with Gasteiger partial charge in [0.25, 0.3) is 0 Å². The fourth-order valence-corrected chi connectivity index (χ4v) is 2.21. The van der Waals surface area contributed by atoms with Crippen LogP contribution in [0.5, 0.6) is 0 Å². The Morgan fingerprint density at radius 3 is 2.39 bits per heavy atom. The smallest absolute Gasteiger partial charge is 0.322 e. The summed E-state index contributed by atoms with van der Waals surface area (Å²) in [7, 11) is 1.61. The largest absolute Gasteiger partial charge is 0.480 e. The van der Waals surface area contributed by atoms with Crippen molar-refractivity contribution in [1.82, 2.24) is 10.2 Å². The SMILES string of the molecule is Cc1cc(Br)ccc1NC(=O)CN(C)CC(=O)NCC(=O)O.Cl. The quantitative estimate of drug-likeness (QED) is 0.631. The third-order valence-corrected chi connectivity index (χ3v) is 3.22. The van der Waals surface area contributed by atoms with Gasteiger partial charge >= 0.3 is 5.97 Å². The summed E-state index contributed by atoms with van der Waals surface area (Å²) < 4.78 is 0.926. The Labute approximate surface area is 149 Å². The number of rotatable bonds is 7. The monoisotopic (exact) mass is 407 g/mol. The van der Waals surface area contributed by atoms with Crippen LogP contribution >= 0.6 is 28.3 Å². The van der Waals surface area contributed by atoms with Gasteiger partial charge in [-0.1, -0.05) is 15.9 Å². The van der Waals surface area contributed by atoms with Gasteiger partial charge in [-0.25, -0.2) is 0 Å². The van der Waals surface area contributed by atoms with E-state index < -0.39 is 18.4 Å². The number of carbonyl (C=O) groups excluding carboxylic acids is 2. The molecule has 1 aromatic rings. The number of carboxylic acids is 1. The van der Waals surface area contributed by atoms with Gasteiger partial charge in [0.1, 0.15) is 6.54 Å². The Kier molecular flexibility index (Phi) is 9.47. The molecule has 0 aliphatic heterocycles. The van der Waals surface area contributed by atoms with E-state index in [0.29, 0.717) is 5.69 Å². The topological polar surface area (TPSA) is 98.7 Å². The maximum absolute atomic E-state index is 11.9. The summed E-state index contributed by atoms with van der Waals surface area (Å²) in [4.78, 5) is 35.2. The first-order valence-corrected chi connectivity index (χ1v) is 7.30. The van der Waals surface area contributed by atoms with Gasteiger partial charge < -0.3 is 15.7 Å². The van der Waals surface area contributed by atoms with Gasteiger partial charge in [0.2, 0.25) is 11.8 Å². The summed E-state index contributed by atoms with van der Waals surface area (Å²) in [6, 6.07) is 5.50. The Morgan fingerprint density at radius 2 is 1.83 bits per heavy atom. The van der Waals surface area contributed by atoms with Gasteiger partial charge in [-0.05, 0) is 37.7 Å². The number of hydrogen-bond acceptors (Lipinski definition) is 4. The molecule has 0 spiro atoms. The highest BCUT2D eigenvalue weighted by atomic mass is 79.9. The highest BCUT2D eigenvalue weighted by Crippen LogP contribution is 2.19. The number of halogens is 2. The molecule has 0 radical (unpaired) electrons. The molecule has 0 heterocycles. The number of carbonyl (C=O) groups is 3. The van der Waals surface area contributed by atoms with Crippen molar-refractivity contribution < 1.29 is 19.5 Å². The average Bonchev–Trinajstić information content (AvgIpc) is 2.39. The van der Waals surface area contributed by atoms with Gasteiger partial charge in [-0.2, -0.15) is 0 Å². The zero-order chi connectivity index (χ0) is 16.7. The molecular weight excluding hydrogens is 390 g/mol. The third kappa shape index (κ3) is 8.53. The minimum Gasteiger partial charge on any atom is -0.480 e. The van der Waals surface area contributed by atoms with Crippen LogP contribution in [0.1, 0.15) is 5.56 Å². The molecule has 1 rings (SSSR count). The van der Waals surface area contributed by atoms with E-state index in [4.69, 9.17) is 5.11 Å². The van der Waals surface area contributed by atoms with E-state index in [2.05, 4.69) is 26.6 Å². The maximum Gasteiger partial charge on any atom is 0.322 e. The molecule has 128 valence electrons. The first-order valence-electron chi connectivity index (χ1n) is 6.51. The molecule has 2 amide bonds. The predicted octanol–water partition coefficient (Wildman–Crippen LogP) is 1.25. The Morgan fingerprint density at radius 1 is 1.22 bits per heavy atom. The highest BCUT2D eigenvalue weighted by Gasteiger charge is 2.12. The molecule has 0 aliphatic rings. The zero-order valence-corrected chi connectivity index (χ0v) is 15.2. The minimum atomic E-state index is -1.11. The maximum atomic E-state index is 11.9. The van der Waals surface area contributed by atoms with Crippen LogP contribution in [0.2, 0.25) is 0 Å². The number of aliphatic carboxylic acids is 1. The van der Waals surface area contributed by atoms with Crippen molar-refractivity contribution >= 4 is 51.8 Å². The first-order chi connectivity index (χ1) is 10.3. The van der Waals surface area contributed by atoms with Crippen LogP contribution in [0.15, 0.2) is 22.7 Å². The van der Waals surface area contributed by atoms with Crippen LogP contribution < -0.4 is 10.6 Å². The third-order valence-electron chi connectivity index (χ3n) is 2.73. The van der Waals surface area contributed by atoms with E-state index in [9.17, 15) is 14.4 Å². The minimum absolute atomic E-state index is 0. The van der Waals surface area contributed by atoms with E-state index in [0.717, 1.165) is 10.0 Å². The van der Waals surface area contributed by atoms with Crippen LogP contribution in [0.25, 0.3) is 0 Å². The summed E-state index contributed by atoms with van der Waals surface area (Å²) >= 11 is 3.35. The van der Waals surface area contributed by atoms with E-state index in [1.54, 1.807) is 13.1 Å². The van der Waals surface area contributed by atoms with Gasteiger partial charge in [0.15, 0.2) is 0 Å². The number of benzene rings is 1. The van der Waals surface area contributed by atoms with Crippen molar-refractivity contribution in [1.29, 1.82) is 0 Å². The summed E-state index contributed by atoms with van der Waals surface area (Å²) in [5.41, 5.74) is 1.63. The molecular formula is C14H19BrClN3O4. The molecule has 0 saturated heterocycles. The molecule has 9 heteroatoms. The molecule has 0 saturated carbocycles. The predicted molar refractivity (Wildman–Crippen MR) is 92.9 cm³/mol. The number of aryl methyl sites for hydroxylation is 1.